The predicted octanol–water partition coefficient (Wildman–Crippen LogP) is 4.81. The summed E-state index contributed by atoms with van der Waals surface area (Å²) >= 11 is 1.29. The second-order valence-corrected chi connectivity index (χ2v) is 8.74. The number of hydrogen-bond acceptors (Lipinski definition) is 5. The normalized spacial score (nSPS) is 13.0. The number of carbonyl (C=O) groups is 3. The van der Waals surface area contributed by atoms with Crippen LogP contribution in [0.25, 0.3) is 0 Å². The van der Waals surface area contributed by atoms with Gasteiger partial charge in [-0.2, -0.15) is 0 Å². The van der Waals surface area contributed by atoms with Crippen molar-refractivity contribution in [2.24, 2.45) is 0 Å². The number of rotatable bonds is 8. The molecule has 0 saturated carbocycles. The molecular weight excluding hydrogens is 450 g/mol. The minimum atomic E-state index is -0.277. The highest BCUT2D eigenvalue weighted by Crippen LogP contribution is 2.27. The lowest BCUT2D eigenvalue weighted by molar-refractivity contribution is -0.117. The zero-order chi connectivity index (χ0) is 23.9. The molecule has 174 valence electrons. The van der Waals surface area contributed by atoms with Gasteiger partial charge in [0.1, 0.15) is 5.75 Å². The first kappa shape index (κ1) is 23.4. The molecule has 0 aromatic heterocycles. The van der Waals surface area contributed by atoms with E-state index >= 15 is 0 Å². The smallest absolute Gasteiger partial charge is 0.256 e. The fraction of sp³-hybridized carbons (Fsp3) is 0.192. The van der Waals surface area contributed by atoms with Crippen molar-refractivity contribution in [1.82, 2.24) is 0 Å². The SMILES string of the molecule is COc1cccc(NC(=O)CSc2ccccc2C(=O)Nc2cccc(N3CCCC3=O)c2)c1. The molecule has 34 heavy (non-hydrogen) atoms. The molecule has 1 heterocycles. The van der Waals surface area contributed by atoms with Crippen molar-refractivity contribution in [3.05, 3.63) is 78.4 Å². The van der Waals surface area contributed by atoms with Crippen LogP contribution < -0.4 is 20.3 Å². The van der Waals surface area contributed by atoms with Crippen molar-refractivity contribution in [1.29, 1.82) is 0 Å². The fourth-order valence-electron chi connectivity index (χ4n) is 3.69. The number of benzene rings is 3. The molecule has 3 aromatic rings. The molecular formula is C26H25N3O4S. The van der Waals surface area contributed by atoms with Crippen LogP contribution in [0.15, 0.2) is 77.7 Å². The summed E-state index contributed by atoms with van der Waals surface area (Å²) < 4.78 is 5.18. The predicted molar refractivity (Wildman–Crippen MR) is 135 cm³/mol. The molecule has 7 nitrogen and oxygen atoms in total. The second kappa shape index (κ2) is 10.9. The molecule has 3 aromatic carbocycles. The lowest BCUT2D eigenvalue weighted by atomic mass is 10.2. The molecule has 1 saturated heterocycles. The summed E-state index contributed by atoms with van der Waals surface area (Å²) in [5.74, 6) is 0.439. The summed E-state index contributed by atoms with van der Waals surface area (Å²) in [5.41, 5.74) is 2.51. The zero-order valence-corrected chi connectivity index (χ0v) is 19.6. The van der Waals surface area contributed by atoms with Crippen LogP contribution in [0.1, 0.15) is 23.2 Å². The minimum absolute atomic E-state index is 0.0949. The summed E-state index contributed by atoms with van der Waals surface area (Å²) in [6, 6.07) is 21.6. The Balaban J connectivity index is 1.40. The largest absolute Gasteiger partial charge is 0.497 e. The van der Waals surface area contributed by atoms with Crippen molar-refractivity contribution in [2.45, 2.75) is 17.7 Å². The zero-order valence-electron chi connectivity index (χ0n) is 18.7. The lowest BCUT2D eigenvalue weighted by Gasteiger charge is -2.17. The van der Waals surface area contributed by atoms with E-state index in [-0.39, 0.29) is 23.5 Å². The summed E-state index contributed by atoms with van der Waals surface area (Å²) in [4.78, 5) is 39.9. The van der Waals surface area contributed by atoms with Gasteiger partial charge in [-0.15, -0.1) is 11.8 Å². The van der Waals surface area contributed by atoms with E-state index in [1.165, 1.54) is 11.8 Å². The Morgan fingerprint density at radius 2 is 1.74 bits per heavy atom. The molecule has 0 spiro atoms. The van der Waals surface area contributed by atoms with Gasteiger partial charge in [-0.3, -0.25) is 14.4 Å². The number of hydrogen-bond donors (Lipinski definition) is 2. The molecule has 3 amide bonds. The first-order valence-corrected chi connectivity index (χ1v) is 11.9. The van der Waals surface area contributed by atoms with E-state index in [2.05, 4.69) is 10.6 Å². The van der Waals surface area contributed by atoms with Gasteiger partial charge in [-0.05, 0) is 48.9 Å². The highest BCUT2D eigenvalue weighted by Gasteiger charge is 2.22. The number of nitrogens with zero attached hydrogens (tertiary/aromatic N) is 1. The van der Waals surface area contributed by atoms with Crippen molar-refractivity contribution in [3.63, 3.8) is 0 Å². The van der Waals surface area contributed by atoms with Gasteiger partial charge in [0.15, 0.2) is 0 Å². The summed E-state index contributed by atoms with van der Waals surface area (Å²) in [6.07, 6.45) is 1.39. The van der Waals surface area contributed by atoms with Crippen LogP contribution >= 0.6 is 11.8 Å². The van der Waals surface area contributed by atoms with Gasteiger partial charge in [-0.1, -0.05) is 24.3 Å². The Bertz CT molecular complexity index is 1210. The number of methoxy groups -OCH3 is 1. The van der Waals surface area contributed by atoms with Gasteiger partial charge in [0.05, 0.1) is 18.4 Å². The average Bonchev–Trinajstić information content (AvgIpc) is 3.29. The maximum absolute atomic E-state index is 13.0. The second-order valence-electron chi connectivity index (χ2n) is 7.72. The van der Waals surface area contributed by atoms with Gasteiger partial charge in [0.25, 0.3) is 5.91 Å². The van der Waals surface area contributed by atoms with Crippen molar-refractivity contribution in [2.75, 3.05) is 34.9 Å². The van der Waals surface area contributed by atoms with Gasteiger partial charge in [0, 0.05) is 41.0 Å². The first-order valence-electron chi connectivity index (χ1n) is 10.9. The van der Waals surface area contributed by atoms with Crippen molar-refractivity contribution < 1.29 is 19.1 Å². The number of ether oxygens (including phenoxy) is 1. The maximum atomic E-state index is 13.0. The Morgan fingerprint density at radius 3 is 2.50 bits per heavy atom. The topological polar surface area (TPSA) is 87.7 Å². The monoisotopic (exact) mass is 475 g/mol. The van der Waals surface area contributed by atoms with E-state index in [0.717, 1.165) is 12.1 Å². The molecule has 1 fully saturated rings. The van der Waals surface area contributed by atoms with Gasteiger partial charge in [-0.25, -0.2) is 0 Å². The van der Waals surface area contributed by atoms with E-state index in [4.69, 9.17) is 4.74 Å². The standard InChI is InChI=1S/C26H25N3O4S/c1-33-21-10-5-8-19(16-21)27-24(30)17-34-23-12-3-2-11-22(23)26(32)28-18-7-4-9-20(15-18)29-14-6-13-25(29)31/h2-5,7-12,15-16H,6,13-14,17H2,1H3,(H,27,30)(H,28,32). The van der Waals surface area contributed by atoms with Gasteiger partial charge >= 0.3 is 0 Å². The number of anilines is 3. The number of nitrogens with one attached hydrogen (secondary N) is 2. The Hall–Kier alpha value is -3.78. The van der Waals surface area contributed by atoms with E-state index in [9.17, 15) is 14.4 Å². The maximum Gasteiger partial charge on any atom is 0.256 e. The van der Waals surface area contributed by atoms with Crippen LogP contribution in [0, 0.1) is 0 Å². The fourth-order valence-corrected chi connectivity index (χ4v) is 4.54. The number of amides is 3. The molecule has 0 aliphatic carbocycles. The van der Waals surface area contributed by atoms with E-state index in [1.54, 1.807) is 60.5 Å². The van der Waals surface area contributed by atoms with E-state index in [1.807, 2.05) is 24.3 Å². The van der Waals surface area contributed by atoms with Gasteiger partial charge < -0.3 is 20.3 Å². The van der Waals surface area contributed by atoms with Crippen molar-refractivity contribution in [3.8, 4) is 5.75 Å². The quantitative estimate of drug-likeness (QED) is 0.457. The average molecular weight is 476 g/mol. The van der Waals surface area contributed by atoms with E-state index in [0.29, 0.717) is 40.5 Å². The first-order chi connectivity index (χ1) is 16.5. The molecule has 0 atom stereocenters. The summed E-state index contributed by atoms with van der Waals surface area (Å²) in [7, 11) is 1.57. The van der Waals surface area contributed by atoms with Crippen LogP contribution in [0.4, 0.5) is 17.1 Å². The number of carbonyl (C=O) groups excluding carboxylic acids is 3. The Labute approximate surface area is 202 Å². The van der Waals surface area contributed by atoms with E-state index < -0.39 is 0 Å². The Kier molecular flexibility index (Phi) is 7.49. The molecule has 2 N–H and O–H groups in total. The highest BCUT2D eigenvalue weighted by atomic mass is 32.2. The molecule has 4 rings (SSSR count). The van der Waals surface area contributed by atoms with Crippen LogP contribution in [-0.2, 0) is 9.59 Å². The summed E-state index contributed by atoms with van der Waals surface area (Å²) in [5, 5.41) is 5.75. The van der Waals surface area contributed by atoms with Crippen LogP contribution in [0.2, 0.25) is 0 Å². The molecule has 0 bridgehead atoms. The highest BCUT2D eigenvalue weighted by molar-refractivity contribution is 8.00. The van der Waals surface area contributed by atoms with Crippen molar-refractivity contribution >= 4 is 46.5 Å². The molecule has 8 heteroatoms. The van der Waals surface area contributed by atoms with Crippen LogP contribution in [-0.4, -0.2) is 37.1 Å². The third-order valence-electron chi connectivity index (χ3n) is 5.33. The molecule has 1 aliphatic heterocycles. The summed E-state index contributed by atoms with van der Waals surface area (Å²) in [6.45, 7) is 0.688. The Morgan fingerprint density at radius 1 is 0.971 bits per heavy atom. The lowest BCUT2D eigenvalue weighted by Crippen LogP contribution is -2.23. The third-order valence-corrected chi connectivity index (χ3v) is 6.41. The molecule has 0 unspecified atom stereocenters. The van der Waals surface area contributed by atoms with Crippen LogP contribution in [0.3, 0.4) is 0 Å². The number of thioether (sulfide) groups is 1. The third kappa shape index (κ3) is 5.77. The van der Waals surface area contributed by atoms with Crippen LogP contribution in [0.5, 0.6) is 5.75 Å². The molecule has 0 radical (unpaired) electrons. The van der Waals surface area contributed by atoms with Gasteiger partial charge in [0.2, 0.25) is 11.8 Å². The molecule has 1 aliphatic rings. The minimum Gasteiger partial charge on any atom is -0.497 e.